The van der Waals surface area contributed by atoms with Gasteiger partial charge in [0.15, 0.2) is 11.6 Å². The van der Waals surface area contributed by atoms with E-state index in [0.29, 0.717) is 24.6 Å². The number of fused-ring (bicyclic) bond motifs is 1. The van der Waals surface area contributed by atoms with Gasteiger partial charge in [-0.3, -0.25) is 9.59 Å². The molecule has 13 nitrogen and oxygen atoms in total. The highest BCUT2D eigenvalue weighted by Gasteiger charge is 2.36. The van der Waals surface area contributed by atoms with Gasteiger partial charge in [-0.2, -0.15) is 5.10 Å². The molecule has 0 bridgehead atoms. The minimum absolute atomic E-state index is 0.0346. The smallest absolute Gasteiger partial charge is 0.295 e. The lowest BCUT2D eigenvalue weighted by Gasteiger charge is -2.43. The van der Waals surface area contributed by atoms with Crippen LogP contribution in [0.1, 0.15) is 23.7 Å². The Bertz CT molecular complexity index is 1530. The van der Waals surface area contributed by atoms with Gasteiger partial charge in [-0.05, 0) is 18.6 Å². The van der Waals surface area contributed by atoms with Crippen molar-refractivity contribution in [1.82, 2.24) is 34.8 Å². The van der Waals surface area contributed by atoms with Gasteiger partial charge >= 0.3 is 0 Å². The highest BCUT2D eigenvalue weighted by atomic mass is 19.1. The highest BCUT2D eigenvalue weighted by molar-refractivity contribution is 6.45. The first-order valence-electron chi connectivity index (χ1n) is 12.2. The Kier molecular flexibility index (Phi) is 7.10. The lowest BCUT2D eigenvalue weighted by molar-refractivity contribution is -0.128. The molecule has 1 saturated heterocycles. The molecule has 4 heterocycles. The summed E-state index contributed by atoms with van der Waals surface area (Å²) in [4.78, 5) is 37.1. The molecule has 0 radical (unpaired) electrons. The molecule has 0 spiro atoms. The fourth-order valence-electron chi connectivity index (χ4n) is 4.69. The lowest BCUT2D eigenvalue weighted by atomic mass is 10.1. The van der Waals surface area contributed by atoms with E-state index < -0.39 is 17.5 Å². The number of carbonyl (C=O) groups is 2. The summed E-state index contributed by atoms with van der Waals surface area (Å²) in [6, 6.07) is 9.04. The molecule has 0 unspecified atom stereocenters. The summed E-state index contributed by atoms with van der Waals surface area (Å²) in [6.07, 6.45) is 5.92. The van der Waals surface area contributed by atoms with Crippen molar-refractivity contribution < 1.29 is 14.0 Å². The van der Waals surface area contributed by atoms with Crippen LogP contribution in [0.5, 0.6) is 0 Å². The Hall–Kier alpha value is -4.98. The average molecular weight is 532 g/mol. The molecular formula is C25H26FN11O2. The molecule has 14 heteroatoms. The van der Waals surface area contributed by atoms with Crippen LogP contribution in [0.3, 0.4) is 0 Å². The van der Waals surface area contributed by atoms with Crippen molar-refractivity contribution in [1.29, 1.82) is 0 Å². The van der Waals surface area contributed by atoms with Crippen molar-refractivity contribution in [2.24, 2.45) is 16.0 Å². The second-order valence-corrected chi connectivity index (χ2v) is 8.81. The topological polar surface area (TPSA) is 154 Å². The largest absolute Gasteiger partial charge is 0.357 e. The number of para-hydroxylation sites is 1. The van der Waals surface area contributed by atoms with E-state index in [9.17, 15) is 14.0 Å². The van der Waals surface area contributed by atoms with E-state index in [2.05, 4.69) is 37.2 Å². The SMILES string of the molecule is C=N/N=C(\N(N)c1ccccc1)N1CCN(C(=O)C(=O)c2c[nH]c3c(-n4ccnn4)ncc(F)c23)C[C@@H]1CC. The van der Waals surface area contributed by atoms with Crippen LogP contribution in [-0.4, -0.2) is 84.8 Å². The number of pyridine rings is 1. The number of rotatable bonds is 6. The minimum Gasteiger partial charge on any atom is -0.357 e. The number of nitrogens with zero attached hydrogens (tertiary/aromatic N) is 9. The number of aromatic nitrogens is 5. The maximum Gasteiger partial charge on any atom is 0.295 e. The number of nitrogens with two attached hydrogens (primary N) is 1. The number of aromatic amines is 1. The molecule has 1 aliphatic heterocycles. The molecular weight excluding hydrogens is 505 g/mol. The number of hydrazine groups is 1. The number of hydrogen-bond acceptors (Lipinski definition) is 8. The summed E-state index contributed by atoms with van der Waals surface area (Å²) >= 11 is 0. The first-order chi connectivity index (χ1) is 18.9. The van der Waals surface area contributed by atoms with Crippen LogP contribution >= 0.6 is 0 Å². The number of ketones is 1. The van der Waals surface area contributed by atoms with E-state index in [4.69, 9.17) is 5.84 Å². The summed E-state index contributed by atoms with van der Waals surface area (Å²) in [5.41, 5.74) is 0.848. The van der Waals surface area contributed by atoms with Crippen LogP contribution in [0.4, 0.5) is 10.1 Å². The fraction of sp³-hybridized carbons (Fsp3) is 0.240. The Morgan fingerprint density at radius 3 is 2.77 bits per heavy atom. The zero-order chi connectivity index (χ0) is 27.5. The van der Waals surface area contributed by atoms with E-state index in [1.165, 1.54) is 33.2 Å². The third kappa shape index (κ3) is 4.72. The first-order valence-corrected chi connectivity index (χ1v) is 12.2. The zero-order valence-electron chi connectivity index (χ0n) is 21.1. The molecule has 39 heavy (non-hydrogen) atoms. The van der Waals surface area contributed by atoms with Gasteiger partial charge in [-0.25, -0.2) is 24.9 Å². The van der Waals surface area contributed by atoms with Crippen molar-refractivity contribution in [3.8, 4) is 5.82 Å². The van der Waals surface area contributed by atoms with Crippen molar-refractivity contribution in [2.45, 2.75) is 19.4 Å². The predicted octanol–water partition coefficient (Wildman–Crippen LogP) is 1.74. The van der Waals surface area contributed by atoms with Crippen molar-refractivity contribution in [3.63, 3.8) is 0 Å². The normalized spacial score (nSPS) is 16.0. The molecule has 1 aliphatic rings. The number of benzene rings is 1. The predicted molar refractivity (Wildman–Crippen MR) is 143 cm³/mol. The molecule has 1 fully saturated rings. The fourth-order valence-corrected chi connectivity index (χ4v) is 4.69. The lowest BCUT2D eigenvalue weighted by Crippen LogP contribution is -2.61. The van der Waals surface area contributed by atoms with Gasteiger partial charge < -0.3 is 14.8 Å². The van der Waals surface area contributed by atoms with Crippen LogP contribution in [0.2, 0.25) is 0 Å². The van der Waals surface area contributed by atoms with E-state index in [1.807, 2.05) is 42.2 Å². The second-order valence-electron chi connectivity index (χ2n) is 8.81. The first kappa shape index (κ1) is 25.7. The summed E-state index contributed by atoms with van der Waals surface area (Å²) in [7, 11) is 0. The van der Waals surface area contributed by atoms with E-state index in [-0.39, 0.29) is 41.4 Å². The van der Waals surface area contributed by atoms with Gasteiger partial charge in [-0.15, -0.1) is 10.2 Å². The highest BCUT2D eigenvalue weighted by Crippen LogP contribution is 2.27. The summed E-state index contributed by atoms with van der Waals surface area (Å²) in [5, 5.41) is 16.8. The summed E-state index contributed by atoms with van der Waals surface area (Å²) in [5.74, 6) is 4.70. The number of Topliss-reactive ketones (excluding diaryl/α,β-unsaturated/α-hetero) is 1. The average Bonchev–Trinajstić information content (AvgIpc) is 3.67. The number of piperazine rings is 1. The van der Waals surface area contributed by atoms with Crippen molar-refractivity contribution >= 4 is 41.0 Å². The monoisotopic (exact) mass is 531 g/mol. The molecule has 0 aliphatic carbocycles. The number of anilines is 1. The summed E-state index contributed by atoms with van der Waals surface area (Å²) in [6.45, 7) is 6.22. The Balaban J connectivity index is 1.38. The number of carbonyl (C=O) groups excluding carboxylic acids is 2. The van der Waals surface area contributed by atoms with Crippen molar-refractivity contribution in [2.75, 3.05) is 24.6 Å². The quantitative estimate of drug-likeness (QED) is 0.0952. The number of H-pyrrole nitrogens is 1. The van der Waals surface area contributed by atoms with Crippen LogP contribution in [0.25, 0.3) is 16.7 Å². The third-order valence-corrected chi connectivity index (χ3v) is 6.63. The second kappa shape index (κ2) is 10.8. The maximum absolute atomic E-state index is 14.9. The molecule has 3 aromatic heterocycles. The van der Waals surface area contributed by atoms with E-state index in [1.54, 1.807) is 0 Å². The number of hydrogen-bond donors (Lipinski definition) is 2. The van der Waals surface area contributed by atoms with Crippen LogP contribution in [0.15, 0.2) is 65.3 Å². The Morgan fingerprint density at radius 1 is 1.28 bits per heavy atom. The standard InChI is InChI=1S/C25H26FN11O2/c1-3-16-15-34(11-12-35(16)25(32-28-2)37(27)17-7-5-4-6-8-17)24(39)22(38)18-13-29-21-20(18)19(26)14-30-23(21)36-10-9-31-33-36/h4-10,13-14,16,29H,2-3,11-12,15,27H2,1H3/b32-25-/t16-/m0/s1. The van der Waals surface area contributed by atoms with E-state index >= 15 is 0 Å². The molecule has 1 amide bonds. The van der Waals surface area contributed by atoms with Gasteiger partial charge in [0.05, 0.1) is 40.7 Å². The number of guanidine groups is 1. The number of nitrogens with one attached hydrogen (secondary N) is 1. The van der Waals surface area contributed by atoms with Crippen LogP contribution < -0.4 is 10.9 Å². The third-order valence-electron chi connectivity index (χ3n) is 6.63. The Labute approximate surface area is 222 Å². The Morgan fingerprint density at radius 2 is 2.08 bits per heavy atom. The van der Waals surface area contributed by atoms with E-state index in [0.717, 1.165) is 6.20 Å². The van der Waals surface area contributed by atoms with Gasteiger partial charge in [0.1, 0.15) is 0 Å². The molecule has 5 rings (SSSR count). The number of amides is 1. The van der Waals surface area contributed by atoms with Gasteiger partial charge in [0.25, 0.3) is 11.7 Å². The molecule has 0 saturated carbocycles. The van der Waals surface area contributed by atoms with Gasteiger partial charge in [-0.1, -0.05) is 30.3 Å². The molecule has 4 aromatic rings. The molecule has 3 N–H and O–H groups in total. The van der Waals surface area contributed by atoms with Crippen LogP contribution in [-0.2, 0) is 4.79 Å². The molecule has 1 aromatic carbocycles. The molecule has 1 atom stereocenters. The zero-order valence-corrected chi connectivity index (χ0v) is 21.1. The molecule has 200 valence electrons. The maximum atomic E-state index is 14.9. The van der Waals surface area contributed by atoms with Crippen LogP contribution in [0, 0.1) is 5.82 Å². The minimum atomic E-state index is -0.828. The number of halogens is 1. The van der Waals surface area contributed by atoms with Crippen molar-refractivity contribution in [3.05, 3.63) is 66.5 Å². The van der Waals surface area contributed by atoms with Gasteiger partial charge in [0.2, 0.25) is 5.96 Å². The van der Waals surface area contributed by atoms with Gasteiger partial charge in [0, 0.05) is 38.6 Å². The summed E-state index contributed by atoms with van der Waals surface area (Å²) < 4.78 is 16.2.